The highest BCUT2D eigenvalue weighted by Crippen LogP contribution is 1.86. The van der Waals surface area contributed by atoms with Gasteiger partial charge in [0.15, 0.2) is 0 Å². The summed E-state index contributed by atoms with van der Waals surface area (Å²) in [5, 5.41) is 3.23. The first kappa shape index (κ1) is 16.8. The summed E-state index contributed by atoms with van der Waals surface area (Å²) in [7, 11) is 0. The second-order valence-corrected chi connectivity index (χ2v) is 3.31. The molecule has 0 aromatic heterocycles. The smallest absolute Gasteiger partial charge is 0.346 e. The highest BCUT2D eigenvalue weighted by Gasteiger charge is 2.19. The number of nitrogens with one attached hydrogen (secondary N) is 2. The molecule has 2 N–H and O–H groups in total. The van der Waals surface area contributed by atoms with Crippen LogP contribution >= 0.6 is 0 Å². The first-order valence-electron chi connectivity index (χ1n) is 6.02. The van der Waals surface area contributed by atoms with E-state index in [1.165, 1.54) is 0 Å². The van der Waals surface area contributed by atoms with Gasteiger partial charge in [0.25, 0.3) is 0 Å². The number of carbonyl (C=O) groups is 2. The molecule has 0 radical (unpaired) electrons. The Balaban J connectivity index is 3.92. The fraction of sp³-hybridized carbons (Fsp3) is 0.800. The van der Waals surface area contributed by atoms with Crippen molar-refractivity contribution in [1.82, 2.24) is 21.2 Å². The van der Waals surface area contributed by atoms with Gasteiger partial charge in [0, 0.05) is 26.2 Å². The van der Waals surface area contributed by atoms with Crippen LogP contribution in [0.1, 0.15) is 27.7 Å². The molecule has 18 heavy (non-hydrogen) atoms. The van der Waals surface area contributed by atoms with E-state index in [1.54, 1.807) is 10.0 Å². The molecule has 8 nitrogen and oxygen atoms in total. The van der Waals surface area contributed by atoms with Crippen LogP contribution in [0.4, 0.5) is 0 Å². The lowest BCUT2D eigenvalue weighted by molar-refractivity contribution is -0.191. The van der Waals surface area contributed by atoms with Crippen LogP contribution in [0, 0.1) is 0 Å². The molecule has 0 heterocycles. The Morgan fingerprint density at radius 1 is 0.778 bits per heavy atom. The minimum Gasteiger partial charge on any atom is -0.346 e. The summed E-state index contributed by atoms with van der Waals surface area (Å²) >= 11 is 0. The standard InChI is InChI=1S/C10H22N4O4/c1-5-13(6-2)11-17-9(15)10(16)18-12-14(7-3)8-4/h11-12H,5-8H2,1-4H3. The highest BCUT2D eigenvalue weighted by molar-refractivity contribution is 6.29. The van der Waals surface area contributed by atoms with E-state index in [2.05, 4.69) is 20.9 Å². The van der Waals surface area contributed by atoms with E-state index in [4.69, 9.17) is 0 Å². The van der Waals surface area contributed by atoms with Gasteiger partial charge in [0.1, 0.15) is 0 Å². The molecule has 0 aromatic rings. The molecule has 0 amide bonds. The van der Waals surface area contributed by atoms with E-state index in [0.717, 1.165) is 0 Å². The first-order chi connectivity index (χ1) is 8.58. The summed E-state index contributed by atoms with van der Waals surface area (Å²) in [6.45, 7) is 10.1. The van der Waals surface area contributed by atoms with Crippen LogP contribution in [0.3, 0.4) is 0 Å². The molecule has 0 atom stereocenters. The Kier molecular flexibility index (Phi) is 9.11. The Hall–Kier alpha value is -1.22. The van der Waals surface area contributed by atoms with Crippen molar-refractivity contribution in [3.05, 3.63) is 0 Å². The fourth-order valence-corrected chi connectivity index (χ4v) is 1.00. The van der Waals surface area contributed by atoms with E-state index < -0.39 is 11.9 Å². The predicted octanol–water partition coefficient (Wildman–Crippen LogP) is -0.404. The summed E-state index contributed by atoms with van der Waals surface area (Å²) in [4.78, 5) is 31.6. The minimum absolute atomic E-state index is 0.635. The minimum atomic E-state index is -1.11. The van der Waals surface area contributed by atoms with Gasteiger partial charge in [-0.1, -0.05) is 38.9 Å². The summed E-state index contributed by atoms with van der Waals surface area (Å²) in [6, 6.07) is 0. The third-order valence-corrected chi connectivity index (χ3v) is 2.23. The molecule has 0 unspecified atom stereocenters. The SMILES string of the molecule is CCN(CC)NOC(=O)C(=O)ONN(CC)CC. The molecule has 0 aliphatic rings. The maximum atomic E-state index is 11.2. The lowest BCUT2D eigenvalue weighted by atomic mass is 10.6. The monoisotopic (exact) mass is 262 g/mol. The summed E-state index contributed by atoms with van der Waals surface area (Å²) in [5.74, 6) is -2.22. The molecule has 0 spiro atoms. The fourth-order valence-electron chi connectivity index (χ4n) is 1.00. The molecule has 0 rings (SSSR count). The number of hydrazine groups is 2. The van der Waals surface area contributed by atoms with Crippen LogP contribution in [0.25, 0.3) is 0 Å². The molecular weight excluding hydrogens is 240 g/mol. The number of rotatable bonds is 8. The van der Waals surface area contributed by atoms with Crippen LogP contribution in [0.2, 0.25) is 0 Å². The van der Waals surface area contributed by atoms with Crippen molar-refractivity contribution in [2.45, 2.75) is 27.7 Å². The molecule has 0 aliphatic carbocycles. The number of carbonyl (C=O) groups excluding carboxylic acids is 2. The van der Waals surface area contributed by atoms with E-state index in [9.17, 15) is 9.59 Å². The third-order valence-electron chi connectivity index (χ3n) is 2.23. The zero-order chi connectivity index (χ0) is 14.0. The second kappa shape index (κ2) is 9.77. The first-order valence-corrected chi connectivity index (χ1v) is 6.02. The van der Waals surface area contributed by atoms with Crippen LogP contribution in [0.15, 0.2) is 0 Å². The van der Waals surface area contributed by atoms with E-state index in [0.29, 0.717) is 26.2 Å². The Morgan fingerprint density at radius 2 is 1.06 bits per heavy atom. The van der Waals surface area contributed by atoms with Gasteiger partial charge < -0.3 is 9.68 Å². The van der Waals surface area contributed by atoms with Crippen LogP contribution < -0.4 is 11.2 Å². The molecule has 0 fully saturated rings. The quantitative estimate of drug-likeness (QED) is 0.451. The predicted molar refractivity (Wildman–Crippen MR) is 64.3 cm³/mol. The summed E-state index contributed by atoms with van der Waals surface area (Å²) in [6.07, 6.45) is 0. The Bertz CT molecular complexity index is 228. The van der Waals surface area contributed by atoms with Gasteiger partial charge in [-0.15, -0.1) is 0 Å². The molecule has 0 bridgehead atoms. The van der Waals surface area contributed by atoms with Gasteiger partial charge in [-0.2, -0.15) is 0 Å². The van der Waals surface area contributed by atoms with Crippen LogP contribution in [-0.4, -0.2) is 48.1 Å². The zero-order valence-corrected chi connectivity index (χ0v) is 11.4. The molecule has 0 saturated carbocycles. The van der Waals surface area contributed by atoms with Crippen molar-refractivity contribution in [1.29, 1.82) is 0 Å². The molecule has 0 aliphatic heterocycles. The largest absolute Gasteiger partial charge is 0.439 e. The molecular formula is C10H22N4O4. The molecule has 106 valence electrons. The maximum Gasteiger partial charge on any atom is 0.439 e. The van der Waals surface area contributed by atoms with Crippen molar-refractivity contribution in [3.8, 4) is 0 Å². The number of nitrogens with zero attached hydrogens (tertiary/aromatic N) is 2. The molecule has 0 aromatic carbocycles. The van der Waals surface area contributed by atoms with E-state index >= 15 is 0 Å². The molecule has 0 saturated heterocycles. The van der Waals surface area contributed by atoms with Gasteiger partial charge in [0.2, 0.25) is 0 Å². The van der Waals surface area contributed by atoms with Crippen molar-refractivity contribution in [2.75, 3.05) is 26.2 Å². The van der Waals surface area contributed by atoms with Gasteiger partial charge in [-0.25, -0.2) is 19.6 Å². The average molecular weight is 262 g/mol. The van der Waals surface area contributed by atoms with Crippen molar-refractivity contribution >= 4 is 11.9 Å². The van der Waals surface area contributed by atoms with Crippen molar-refractivity contribution in [2.24, 2.45) is 0 Å². The van der Waals surface area contributed by atoms with E-state index in [1.807, 2.05) is 27.7 Å². The van der Waals surface area contributed by atoms with Crippen LogP contribution in [0.5, 0.6) is 0 Å². The normalized spacial score (nSPS) is 10.8. The molecule has 8 heteroatoms. The van der Waals surface area contributed by atoms with Crippen molar-refractivity contribution < 1.29 is 19.3 Å². The Morgan fingerprint density at radius 3 is 1.28 bits per heavy atom. The number of hydrogen-bond acceptors (Lipinski definition) is 8. The Labute approximate surface area is 107 Å². The summed E-state index contributed by atoms with van der Waals surface area (Å²) < 4.78 is 0. The van der Waals surface area contributed by atoms with E-state index in [-0.39, 0.29) is 0 Å². The number of hydrogen-bond donors (Lipinski definition) is 2. The average Bonchev–Trinajstić information content (AvgIpc) is 2.40. The third kappa shape index (κ3) is 6.50. The lowest BCUT2D eigenvalue weighted by Crippen LogP contribution is -2.44. The highest BCUT2D eigenvalue weighted by atomic mass is 16.8. The topological polar surface area (TPSA) is 83.1 Å². The van der Waals surface area contributed by atoms with Gasteiger partial charge in [0.05, 0.1) is 0 Å². The van der Waals surface area contributed by atoms with Crippen LogP contribution in [-0.2, 0) is 19.3 Å². The zero-order valence-electron chi connectivity index (χ0n) is 11.4. The summed E-state index contributed by atoms with van der Waals surface area (Å²) in [5.41, 5.74) is 4.71. The maximum absolute atomic E-state index is 11.2. The van der Waals surface area contributed by atoms with Gasteiger partial charge in [-0.05, 0) is 0 Å². The lowest BCUT2D eigenvalue weighted by Gasteiger charge is -2.19. The second-order valence-electron chi connectivity index (χ2n) is 3.31. The van der Waals surface area contributed by atoms with Gasteiger partial charge in [-0.3, -0.25) is 0 Å². The van der Waals surface area contributed by atoms with Gasteiger partial charge >= 0.3 is 11.9 Å². The van der Waals surface area contributed by atoms with Crippen molar-refractivity contribution in [3.63, 3.8) is 0 Å².